The number of halogens is 2. The molecule has 0 saturated heterocycles. The molecule has 1 atom stereocenters. The van der Waals surface area contributed by atoms with Crippen LogP contribution in [-0.2, 0) is 11.3 Å². The normalized spacial score (nSPS) is 13.3. The highest BCUT2D eigenvalue weighted by atomic mass is 19.2. The van der Waals surface area contributed by atoms with Crippen LogP contribution >= 0.6 is 0 Å². The molecule has 0 spiro atoms. The number of methoxy groups -OCH3 is 3. The van der Waals surface area contributed by atoms with E-state index in [-0.39, 0.29) is 18.0 Å². The van der Waals surface area contributed by atoms with E-state index in [0.717, 1.165) is 17.7 Å². The monoisotopic (exact) mass is 482 g/mol. The van der Waals surface area contributed by atoms with E-state index in [1.807, 2.05) is 12.1 Å². The number of fused-ring (bicyclic) bond motifs is 1. The van der Waals surface area contributed by atoms with Gasteiger partial charge in [-0.25, -0.2) is 8.78 Å². The van der Waals surface area contributed by atoms with Crippen LogP contribution < -0.4 is 19.5 Å². The fourth-order valence-corrected chi connectivity index (χ4v) is 4.19. The Morgan fingerprint density at radius 1 is 0.971 bits per heavy atom. The van der Waals surface area contributed by atoms with Gasteiger partial charge in [0.15, 0.2) is 23.1 Å². The van der Waals surface area contributed by atoms with Crippen molar-refractivity contribution >= 4 is 17.5 Å². The number of nitrogens with one attached hydrogen (secondary N) is 1. The molecule has 1 heterocycles. The molecule has 4 rings (SSSR count). The van der Waals surface area contributed by atoms with Crippen molar-refractivity contribution in [1.82, 2.24) is 4.90 Å². The lowest BCUT2D eigenvalue weighted by molar-refractivity contribution is -0.117. The van der Waals surface area contributed by atoms with Gasteiger partial charge >= 0.3 is 0 Å². The summed E-state index contributed by atoms with van der Waals surface area (Å²) < 4.78 is 43.2. The maximum absolute atomic E-state index is 13.6. The molecule has 0 aliphatic carbocycles. The average Bonchev–Trinajstić information content (AvgIpc) is 3.20. The first-order valence-corrected chi connectivity index (χ1v) is 10.8. The largest absolute Gasteiger partial charge is 0.493 e. The summed E-state index contributed by atoms with van der Waals surface area (Å²) >= 11 is 0. The number of nitrogens with zero attached hydrogens (tertiary/aromatic N) is 1. The Morgan fingerprint density at radius 3 is 2.26 bits per heavy atom. The fourth-order valence-electron chi connectivity index (χ4n) is 4.19. The van der Waals surface area contributed by atoms with Gasteiger partial charge in [0.1, 0.15) is 0 Å². The standard InChI is InChI=1S/C26H24F2N2O5/c1-33-22-10-16(11-23(34-2)25(22)35-3)21(30-14-15-6-4-5-7-18(15)26(30)32)13-24(31)29-17-8-9-19(27)20(28)12-17/h4-12,21H,13-14H2,1-3H3,(H,29,31)/t21-/m0/s1. The van der Waals surface area contributed by atoms with Gasteiger partial charge in [-0.05, 0) is 41.5 Å². The second-order valence-electron chi connectivity index (χ2n) is 7.95. The lowest BCUT2D eigenvalue weighted by atomic mass is 10.00. The molecule has 1 aliphatic heterocycles. The number of amides is 2. The second-order valence-corrected chi connectivity index (χ2v) is 7.95. The molecule has 7 nitrogen and oxygen atoms in total. The van der Waals surface area contributed by atoms with E-state index in [1.165, 1.54) is 27.4 Å². The molecule has 182 valence electrons. The van der Waals surface area contributed by atoms with Crippen LogP contribution in [0.1, 0.15) is 33.9 Å². The number of hydrogen-bond donors (Lipinski definition) is 1. The summed E-state index contributed by atoms with van der Waals surface area (Å²) in [6.45, 7) is 0.300. The van der Waals surface area contributed by atoms with Gasteiger partial charge in [-0.3, -0.25) is 9.59 Å². The predicted octanol–water partition coefficient (Wildman–Crippen LogP) is 4.72. The number of hydrogen-bond acceptors (Lipinski definition) is 5. The van der Waals surface area contributed by atoms with Crippen molar-refractivity contribution in [3.63, 3.8) is 0 Å². The number of ether oxygens (including phenoxy) is 3. The van der Waals surface area contributed by atoms with E-state index < -0.39 is 23.6 Å². The average molecular weight is 482 g/mol. The molecule has 0 unspecified atom stereocenters. The number of anilines is 1. The first-order valence-electron chi connectivity index (χ1n) is 10.8. The number of carbonyl (C=O) groups is 2. The van der Waals surface area contributed by atoms with Crippen molar-refractivity contribution in [1.29, 1.82) is 0 Å². The fraction of sp³-hybridized carbons (Fsp3) is 0.231. The maximum atomic E-state index is 13.6. The van der Waals surface area contributed by atoms with E-state index >= 15 is 0 Å². The molecule has 3 aromatic rings. The topological polar surface area (TPSA) is 77.1 Å². The third-order valence-corrected chi connectivity index (χ3v) is 5.88. The van der Waals surface area contributed by atoms with E-state index in [4.69, 9.17) is 14.2 Å². The number of rotatable bonds is 8. The third kappa shape index (κ3) is 4.75. The lowest BCUT2D eigenvalue weighted by Crippen LogP contribution is -2.32. The summed E-state index contributed by atoms with van der Waals surface area (Å²) in [7, 11) is 4.43. The van der Waals surface area contributed by atoms with Crippen LogP contribution in [0.5, 0.6) is 17.2 Å². The second kappa shape index (κ2) is 10.0. The van der Waals surface area contributed by atoms with Crippen LogP contribution in [0.2, 0.25) is 0 Å². The van der Waals surface area contributed by atoms with Crippen molar-refractivity contribution in [3.8, 4) is 17.2 Å². The van der Waals surface area contributed by atoms with Crippen LogP contribution in [0.25, 0.3) is 0 Å². The van der Waals surface area contributed by atoms with Crippen LogP contribution in [0.3, 0.4) is 0 Å². The van der Waals surface area contributed by atoms with Gasteiger partial charge in [0.25, 0.3) is 5.91 Å². The molecule has 35 heavy (non-hydrogen) atoms. The first-order chi connectivity index (χ1) is 16.9. The van der Waals surface area contributed by atoms with Crippen LogP contribution in [0.4, 0.5) is 14.5 Å². The summed E-state index contributed by atoms with van der Waals surface area (Å²) in [6, 6.07) is 13.0. The minimum Gasteiger partial charge on any atom is -0.493 e. The zero-order valence-corrected chi connectivity index (χ0v) is 19.4. The molecule has 3 aromatic carbocycles. The molecule has 2 amide bonds. The molecule has 1 N–H and O–H groups in total. The highest BCUT2D eigenvalue weighted by Crippen LogP contribution is 2.43. The van der Waals surface area contributed by atoms with Crippen LogP contribution in [-0.4, -0.2) is 38.0 Å². The minimum atomic E-state index is -1.07. The summed E-state index contributed by atoms with van der Waals surface area (Å²) in [5.74, 6) is -1.68. The Kier molecular flexibility index (Phi) is 6.86. The van der Waals surface area contributed by atoms with Crippen molar-refractivity contribution in [2.24, 2.45) is 0 Å². The van der Waals surface area contributed by atoms with Gasteiger partial charge in [-0.15, -0.1) is 0 Å². The summed E-state index contributed by atoms with van der Waals surface area (Å²) in [5.41, 5.74) is 2.09. The molecule has 0 aromatic heterocycles. The van der Waals surface area contributed by atoms with E-state index in [0.29, 0.717) is 34.9 Å². The van der Waals surface area contributed by atoms with Gasteiger partial charge in [-0.1, -0.05) is 18.2 Å². The first kappa shape index (κ1) is 24.0. The van der Waals surface area contributed by atoms with Crippen molar-refractivity contribution in [2.75, 3.05) is 26.6 Å². The Balaban J connectivity index is 1.71. The van der Waals surface area contributed by atoms with Gasteiger partial charge in [0.2, 0.25) is 11.7 Å². The molecule has 9 heteroatoms. The highest BCUT2D eigenvalue weighted by molar-refractivity contribution is 5.99. The lowest BCUT2D eigenvalue weighted by Gasteiger charge is -2.29. The molecule has 0 saturated carbocycles. The van der Waals surface area contributed by atoms with Crippen molar-refractivity contribution < 1.29 is 32.6 Å². The van der Waals surface area contributed by atoms with Gasteiger partial charge < -0.3 is 24.4 Å². The Hall–Kier alpha value is -4.14. The predicted molar refractivity (Wildman–Crippen MR) is 125 cm³/mol. The molecular formula is C26H24F2N2O5. The van der Waals surface area contributed by atoms with Crippen molar-refractivity contribution in [3.05, 3.63) is 82.9 Å². The van der Waals surface area contributed by atoms with Crippen molar-refractivity contribution in [2.45, 2.75) is 19.0 Å². The molecule has 1 aliphatic rings. The highest BCUT2D eigenvalue weighted by Gasteiger charge is 2.35. The minimum absolute atomic E-state index is 0.105. The van der Waals surface area contributed by atoms with Gasteiger partial charge in [0, 0.05) is 23.9 Å². The summed E-state index contributed by atoms with van der Waals surface area (Å²) in [4.78, 5) is 27.9. The van der Waals surface area contributed by atoms with E-state index in [1.54, 1.807) is 29.2 Å². The quantitative estimate of drug-likeness (QED) is 0.503. The summed E-state index contributed by atoms with van der Waals surface area (Å²) in [5, 5.41) is 2.58. The Bertz CT molecular complexity index is 1260. The maximum Gasteiger partial charge on any atom is 0.255 e. The van der Waals surface area contributed by atoms with E-state index in [9.17, 15) is 18.4 Å². The Morgan fingerprint density at radius 2 is 1.66 bits per heavy atom. The van der Waals surface area contributed by atoms with Gasteiger partial charge in [0.05, 0.1) is 33.8 Å². The van der Waals surface area contributed by atoms with E-state index in [2.05, 4.69) is 5.32 Å². The number of carbonyl (C=O) groups excluding carboxylic acids is 2. The Labute approximate surface area is 201 Å². The van der Waals surface area contributed by atoms with Crippen LogP contribution in [0, 0.1) is 11.6 Å². The molecular weight excluding hydrogens is 458 g/mol. The smallest absolute Gasteiger partial charge is 0.255 e. The zero-order valence-electron chi connectivity index (χ0n) is 19.4. The molecule has 0 fully saturated rings. The SMILES string of the molecule is COc1cc([C@H](CC(=O)Nc2ccc(F)c(F)c2)N2Cc3ccccc3C2=O)cc(OC)c1OC. The van der Waals surface area contributed by atoms with Gasteiger partial charge in [-0.2, -0.15) is 0 Å². The summed E-state index contributed by atoms with van der Waals surface area (Å²) in [6.07, 6.45) is -0.155. The number of benzene rings is 3. The third-order valence-electron chi connectivity index (χ3n) is 5.88. The molecule has 0 bridgehead atoms. The van der Waals surface area contributed by atoms with Crippen LogP contribution in [0.15, 0.2) is 54.6 Å². The molecule has 0 radical (unpaired) electrons. The zero-order chi connectivity index (χ0) is 25.1.